The highest BCUT2D eigenvalue weighted by Crippen LogP contribution is 2.34. The predicted molar refractivity (Wildman–Crippen MR) is 434 cm³/mol. The van der Waals surface area contributed by atoms with E-state index in [1.54, 1.807) is 6.08 Å². The standard InChI is InChI=1S/C89H169NO18/c1-3-5-7-9-11-13-15-17-19-21-23-25-27-29-31-32-33-34-35-36-37-38-39-40-41-43-45-47-49-51-53-55-57-59-61-63-65-67-77(95)90-72(73(94)66-64-62-60-58-56-54-52-50-48-46-44-42-30-28-26-24-22-20-18-16-14-12-10-8-6-4-2)71-103-87-83(101)80(98)85(75(69-92)105-87)108-89-84(102)81(99)86(76(70-93)106-89)107-88-82(100)79(97)78(96)74(68-91)104-88/h21,23,64,66,72-76,78-89,91-94,96-102H,3-20,22,24-63,65,67-71H2,1-2H3,(H,90,95)/b23-21-,66-64+. The van der Waals surface area contributed by atoms with Gasteiger partial charge in [-0.1, -0.05) is 378 Å². The van der Waals surface area contributed by atoms with E-state index in [1.165, 1.54) is 334 Å². The first-order valence-electron chi connectivity index (χ1n) is 45.6. The first-order chi connectivity index (χ1) is 52.8. The highest BCUT2D eigenvalue weighted by atomic mass is 16.8. The zero-order valence-corrected chi connectivity index (χ0v) is 68.9. The van der Waals surface area contributed by atoms with E-state index in [9.17, 15) is 61.0 Å². The third-order valence-corrected chi connectivity index (χ3v) is 23.0. The lowest BCUT2D eigenvalue weighted by molar-refractivity contribution is -0.379. The first kappa shape index (κ1) is 100. The summed E-state index contributed by atoms with van der Waals surface area (Å²) in [4.78, 5) is 13.5. The summed E-state index contributed by atoms with van der Waals surface area (Å²) in [5.41, 5.74) is 0. The normalized spacial score (nSPS) is 25.4. The van der Waals surface area contributed by atoms with Crippen molar-refractivity contribution in [3.8, 4) is 0 Å². The van der Waals surface area contributed by atoms with Crippen molar-refractivity contribution >= 4 is 5.91 Å². The van der Waals surface area contributed by atoms with Gasteiger partial charge in [-0.2, -0.15) is 0 Å². The van der Waals surface area contributed by atoms with Gasteiger partial charge >= 0.3 is 0 Å². The van der Waals surface area contributed by atoms with E-state index >= 15 is 0 Å². The third kappa shape index (κ3) is 48.0. The Hall–Kier alpha value is -1.73. The number of rotatable bonds is 75. The lowest BCUT2D eigenvalue weighted by atomic mass is 9.96. The number of carbonyl (C=O) groups is 1. The molecule has 17 unspecified atom stereocenters. The SMILES string of the molecule is CCCCCCCCCC/C=C\CCCCCCCCCCCCCCCCCCCCCCCCCCCC(=O)NC(COC1OC(CO)C(OC2OC(CO)C(OC3OC(CO)C(O)C(O)C3O)C(O)C2O)C(O)C1O)C(O)/C=C/CCCCCCCCCCCCCCCCCCCCCCCCCC. The van der Waals surface area contributed by atoms with Gasteiger partial charge in [0.05, 0.1) is 38.6 Å². The summed E-state index contributed by atoms with van der Waals surface area (Å²) in [6, 6.07) is -0.972. The maximum atomic E-state index is 13.5. The van der Waals surface area contributed by atoms with Crippen LogP contribution in [0.1, 0.15) is 406 Å². The molecular formula is C89H169NO18. The topological polar surface area (TPSA) is 307 Å². The fourth-order valence-electron chi connectivity index (χ4n) is 15.7. The molecule has 638 valence electrons. The second-order valence-corrected chi connectivity index (χ2v) is 32.8. The molecule has 0 spiro atoms. The molecule has 0 aromatic rings. The van der Waals surface area contributed by atoms with Crippen molar-refractivity contribution < 1.29 is 89.4 Å². The molecule has 19 nitrogen and oxygen atoms in total. The van der Waals surface area contributed by atoms with E-state index in [-0.39, 0.29) is 18.9 Å². The van der Waals surface area contributed by atoms with Gasteiger partial charge in [0.2, 0.25) is 5.91 Å². The smallest absolute Gasteiger partial charge is 0.220 e. The third-order valence-electron chi connectivity index (χ3n) is 23.0. The van der Waals surface area contributed by atoms with Crippen molar-refractivity contribution in [3.63, 3.8) is 0 Å². The number of allylic oxidation sites excluding steroid dienone is 3. The van der Waals surface area contributed by atoms with Gasteiger partial charge in [0.1, 0.15) is 73.2 Å². The summed E-state index contributed by atoms with van der Waals surface area (Å²) < 4.78 is 34.5. The maximum absolute atomic E-state index is 13.5. The van der Waals surface area contributed by atoms with Crippen molar-refractivity contribution in [2.45, 2.75) is 510 Å². The van der Waals surface area contributed by atoms with Gasteiger partial charge in [-0.15, -0.1) is 0 Å². The van der Waals surface area contributed by atoms with E-state index in [4.69, 9.17) is 28.4 Å². The van der Waals surface area contributed by atoms with Gasteiger partial charge in [-0.3, -0.25) is 4.79 Å². The summed E-state index contributed by atoms with van der Waals surface area (Å²) in [5.74, 6) is -0.266. The number of amides is 1. The Labute approximate surface area is 658 Å². The van der Waals surface area contributed by atoms with Gasteiger partial charge in [0.15, 0.2) is 18.9 Å². The van der Waals surface area contributed by atoms with Crippen LogP contribution in [0.15, 0.2) is 24.3 Å². The molecule has 3 fully saturated rings. The van der Waals surface area contributed by atoms with Gasteiger partial charge in [-0.25, -0.2) is 0 Å². The minimum absolute atomic E-state index is 0.249. The molecule has 0 aromatic carbocycles. The number of ether oxygens (including phenoxy) is 6. The molecular weight excluding hydrogens is 1370 g/mol. The molecule has 3 aliphatic rings. The molecule has 0 aliphatic carbocycles. The van der Waals surface area contributed by atoms with Crippen LogP contribution in [0.25, 0.3) is 0 Å². The molecule has 1 amide bonds. The number of carbonyl (C=O) groups excluding carboxylic acids is 1. The van der Waals surface area contributed by atoms with Crippen LogP contribution in [-0.4, -0.2) is 193 Å². The molecule has 3 rings (SSSR count). The molecule has 0 saturated carbocycles. The van der Waals surface area contributed by atoms with Crippen LogP contribution in [0, 0.1) is 0 Å². The van der Waals surface area contributed by atoms with Crippen molar-refractivity contribution in [2.24, 2.45) is 0 Å². The molecule has 3 heterocycles. The summed E-state index contributed by atoms with van der Waals surface area (Å²) in [7, 11) is 0. The fourth-order valence-corrected chi connectivity index (χ4v) is 15.7. The van der Waals surface area contributed by atoms with Gasteiger partial charge in [0.25, 0.3) is 0 Å². The molecule has 3 aliphatic heterocycles. The van der Waals surface area contributed by atoms with Crippen LogP contribution in [0.4, 0.5) is 0 Å². The minimum atomic E-state index is -1.98. The Kier molecular flexibility index (Phi) is 64.7. The molecule has 3 saturated heterocycles. The van der Waals surface area contributed by atoms with Crippen LogP contribution in [0.3, 0.4) is 0 Å². The largest absolute Gasteiger partial charge is 0.394 e. The van der Waals surface area contributed by atoms with Crippen LogP contribution < -0.4 is 5.32 Å². The zero-order valence-electron chi connectivity index (χ0n) is 68.9. The van der Waals surface area contributed by atoms with E-state index in [0.29, 0.717) is 6.42 Å². The number of hydrogen-bond acceptors (Lipinski definition) is 18. The van der Waals surface area contributed by atoms with Crippen molar-refractivity contribution in [1.82, 2.24) is 5.32 Å². The van der Waals surface area contributed by atoms with Crippen molar-refractivity contribution in [3.05, 3.63) is 24.3 Å². The maximum Gasteiger partial charge on any atom is 0.220 e. The van der Waals surface area contributed by atoms with E-state index < -0.39 is 124 Å². The summed E-state index contributed by atoms with van der Waals surface area (Å²) in [5, 5.41) is 121. The first-order valence-corrected chi connectivity index (χ1v) is 45.6. The van der Waals surface area contributed by atoms with Gasteiger partial charge in [0, 0.05) is 6.42 Å². The van der Waals surface area contributed by atoms with Gasteiger partial charge < -0.3 is 89.9 Å². The summed E-state index contributed by atoms with van der Waals surface area (Å²) >= 11 is 0. The van der Waals surface area contributed by atoms with E-state index in [0.717, 1.165) is 44.9 Å². The average molecular weight is 1540 g/mol. The Morgan fingerprint density at radius 1 is 0.324 bits per heavy atom. The predicted octanol–water partition coefficient (Wildman–Crippen LogP) is 17.2. The number of nitrogens with one attached hydrogen (secondary N) is 1. The molecule has 0 bridgehead atoms. The molecule has 17 atom stereocenters. The molecule has 0 radical (unpaired) electrons. The van der Waals surface area contributed by atoms with Crippen LogP contribution in [0.5, 0.6) is 0 Å². The Balaban J connectivity index is 1.31. The lowest BCUT2D eigenvalue weighted by Gasteiger charge is -2.48. The number of hydrogen-bond donors (Lipinski definition) is 12. The Morgan fingerprint density at radius 3 is 0.898 bits per heavy atom. The van der Waals surface area contributed by atoms with Crippen LogP contribution in [-0.2, 0) is 33.2 Å². The molecule has 19 heteroatoms. The Morgan fingerprint density at radius 2 is 0.583 bits per heavy atom. The minimum Gasteiger partial charge on any atom is -0.394 e. The second kappa shape index (κ2) is 69.6. The number of aliphatic hydroxyl groups excluding tert-OH is 11. The van der Waals surface area contributed by atoms with E-state index in [2.05, 4.69) is 31.3 Å². The van der Waals surface area contributed by atoms with Gasteiger partial charge in [-0.05, 0) is 44.9 Å². The fraction of sp³-hybridized carbons (Fsp3) is 0.944. The average Bonchev–Trinajstić information content (AvgIpc) is 0.779. The molecule has 12 N–H and O–H groups in total. The molecule has 108 heavy (non-hydrogen) atoms. The van der Waals surface area contributed by atoms with Crippen LogP contribution >= 0.6 is 0 Å². The zero-order chi connectivity index (χ0) is 78.1. The molecule has 0 aromatic heterocycles. The van der Waals surface area contributed by atoms with E-state index in [1.807, 2.05) is 6.08 Å². The monoisotopic (exact) mass is 1540 g/mol. The van der Waals surface area contributed by atoms with Crippen molar-refractivity contribution in [2.75, 3.05) is 26.4 Å². The Bertz CT molecular complexity index is 2040. The number of aliphatic hydroxyl groups is 11. The number of unbranched alkanes of at least 4 members (excludes halogenated alkanes) is 57. The quantitative estimate of drug-likeness (QED) is 0.0199. The summed E-state index contributed by atoms with van der Waals surface area (Å²) in [6.07, 6.45) is 60.5. The highest BCUT2D eigenvalue weighted by Gasteiger charge is 2.54. The summed E-state index contributed by atoms with van der Waals surface area (Å²) in [6.45, 7) is 1.81. The van der Waals surface area contributed by atoms with Crippen LogP contribution in [0.2, 0.25) is 0 Å². The highest BCUT2D eigenvalue weighted by molar-refractivity contribution is 5.76. The van der Waals surface area contributed by atoms with Crippen molar-refractivity contribution in [1.29, 1.82) is 0 Å². The lowest BCUT2D eigenvalue weighted by Crippen LogP contribution is -2.66. The second-order valence-electron chi connectivity index (χ2n) is 32.8.